The number of phenols is 2. The predicted octanol–water partition coefficient (Wildman–Crippen LogP) is 5.93. The zero-order valence-electron chi connectivity index (χ0n) is 14.6. The van der Waals surface area contributed by atoms with Crippen molar-refractivity contribution in [3.8, 4) is 33.8 Å². The second-order valence-electron chi connectivity index (χ2n) is 6.87. The second-order valence-corrected chi connectivity index (χ2v) is 6.87. The van der Waals surface area contributed by atoms with Gasteiger partial charge in [-0.25, -0.2) is 0 Å². The molecule has 0 spiro atoms. The number of rotatable bonds is 2. The summed E-state index contributed by atoms with van der Waals surface area (Å²) >= 11 is 0. The quantitative estimate of drug-likeness (QED) is 0.388. The van der Waals surface area contributed by atoms with Crippen LogP contribution >= 0.6 is 0 Å². The Bertz CT molecular complexity index is 1110. The maximum atomic E-state index is 10.5. The number of benzene rings is 4. The zero-order chi connectivity index (χ0) is 18.4. The van der Waals surface area contributed by atoms with E-state index in [1.165, 1.54) is 28.3 Å². The van der Waals surface area contributed by atoms with Crippen molar-refractivity contribution in [2.45, 2.75) is 5.92 Å². The number of phenolic OH excluding ortho intramolecular Hbond substituents is 2. The Hall–Kier alpha value is -3.52. The van der Waals surface area contributed by atoms with E-state index < -0.39 is 0 Å². The van der Waals surface area contributed by atoms with E-state index in [4.69, 9.17) is 0 Å². The number of hydrogen-bond donors (Lipinski definition) is 2. The third kappa shape index (κ3) is 2.34. The molecule has 0 unspecified atom stereocenters. The highest BCUT2D eigenvalue weighted by Crippen LogP contribution is 2.50. The zero-order valence-corrected chi connectivity index (χ0v) is 14.6. The second kappa shape index (κ2) is 6.03. The summed E-state index contributed by atoms with van der Waals surface area (Å²) < 4.78 is 0. The van der Waals surface area contributed by atoms with Crippen LogP contribution in [-0.2, 0) is 0 Å². The van der Waals surface area contributed by atoms with Gasteiger partial charge in [-0.05, 0) is 39.4 Å². The van der Waals surface area contributed by atoms with Crippen LogP contribution in [0, 0.1) is 0 Å². The fraction of sp³-hybridized carbons (Fsp3) is 0.0400. The Morgan fingerprint density at radius 3 is 1.37 bits per heavy atom. The lowest BCUT2D eigenvalue weighted by atomic mass is 9.84. The maximum absolute atomic E-state index is 10.5. The molecule has 0 radical (unpaired) electrons. The molecule has 0 heterocycles. The minimum absolute atomic E-state index is 0.0792. The molecule has 27 heavy (non-hydrogen) atoms. The predicted molar refractivity (Wildman–Crippen MR) is 108 cm³/mol. The molecule has 2 nitrogen and oxygen atoms in total. The van der Waals surface area contributed by atoms with E-state index in [2.05, 4.69) is 54.6 Å². The van der Waals surface area contributed by atoms with Crippen LogP contribution in [0.1, 0.15) is 22.6 Å². The van der Waals surface area contributed by atoms with Crippen LogP contribution in [0.3, 0.4) is 0 Å². The normalized spacial score (nSPS) is 12.6. The summed E-state index contributed by atoms with van der Waals surface area (Å²) in [6.45, 7) is 0. The van der Waals surface area contributed by atoms with Crippen LogP contribution in [-0.4, -0.2) is 10.2 Å². The lowest BCUT2D eigenvalue weighted by Crippen LogP contribution is -2.01. The van der Waals surface area contributed by atoms with E-state index in [-0.39, 0.29) is 17.4 Å². The largest absolute Gasteiger partial charge is 0.504 e. The Morgan fingerprint density at radius 1 is 0.444 bits per heavy atom. The highest BCUT2D eigenvalue weighted by atomic mass is 16.3. The van der Waals surface area contributed by atoms with E-state index in [1.54, 1.807) is 6.07 Å². The molecular formula is C25H18O2. The number of fused-ring (bicyclic) bond motifs is 3. The Balaban J connectivity index is 1.79. The summed E-state index contributed by atoms with van der Waals surface area (Å²) in [6, 6.07) is 30.2. The van der Waals surface area contributed by atoms with E-state index in [1.807, 2.05) is 24.3 Å². The fourth-order valence-corrected chi connectivity index (χ4v) is 4.23. The monoisotopic (exact) mass is 350 g/mol. The SMILES string of the molecule is Oc1cccc(-c2ccccc2C2c3ccccc3-c3ccccc32)c1O. The van der Waals surface area contributed by atoms with Gasteiger partial charge in [0.2, 0.25) is 0 Å². The van der Waals surface area contributed by atoms with Crippen molar-refractivity contribution < 1.29 is 10.2 Å². The lowest BCUT2D eigenvalue weighted by molar-refractivity contribution is 0.405. The molecule has 1 aliphatic carbocycles. The lowest BCUT2D eigenvalue weighted by Gasteiger charge is -2.19. The highest BCUT2D eigenvalue weighted by molar-refractivity contribution is 5.84. The molecule has 0 saturated carbocycles. The van der Waals surface area contributed by atoms with Gasteiger partial charge in [-0.1, -0.05) is 84.9 Å². The first-order valence-electron chi connectivity index (χ1n) is 9.04. The van der Waals surface area contributed by atoms with Crippen LogP contribution in [0.4, 0.5) is 0 Å². The van der Waals surface area contributed by atoms with Gasteiger partial charge in [0.1, 0.15) is 0 Å². The maximum Gasteiger partial charge on any atom is 0.165 e. The molecule has 0 aromatic heterocycles. The van der Waals surface area contributed by atoms with Gasteiger partial charge in [0.15, 0.2) is 11.5 Å². The van der Waals surface area contributed by atoms with Crippen molar-refractivity contribution in [2.24, 2.45) is 0 Å². The molecule has 1 aliphatic rings. The first kappa shape index (κ1) is 15.7. The third-order valence-corrected chi connectivity index (χ3v) is 5.41. The van der Waals surface area contributed by atoms with Gasteiger partial charge in [0.25, 0.3) is 0 Å². The van der Waals surface area contributed by atoms with Gasteiger partial charge < -0.3 is 10.2 Å². The van der Waals surface area contributed by atoms with Gasteiger partial charge in [-0.3, -0.25) is 0 Å². The Labute approximate surface area is 158 Å². The highest BCUT2D eigenvalue weighted by Gasteiger charge is 2.31. The Kier molecular flexibility index (Phi) is 3.51. The van der Waals surface area contributed by atoms with E-state index >= 15 is 0 Å². The summed E-state index contributed by atoms with van der Waals surface area (Å²) in [7, 11) is 0. The molecule has 0 fully saturated rings. The minimum atomic E-state index is -0.102. The number of aromatic hydroxyl groups is 2. The molecule has 130 valence electrons. The van der Waals surface area contributed by atoms with Crippen LogP contribution in [0.15, 0.2) is 91.0 Å². The smallest absolute Gasteiger partial charge is 0.165 e. The first-order chi connectivity index (χ1) is 13.3. The molecule has 0 bridgehead atoms. The van der Waals surface area contributed by atoms with Gasteiger partial charge in [-0.15, -0.1) is 0 Å². The average molecular weight is 350 g/mol. The number of hydrogen-bond acceptors (Lipinski definition) is 2. The van der Waals surface area contributed by atoms with Gasteiger partial charge in [0.05, 0.1) is 0 Å². The van der Waals surface area contributed by atoms with Crippen molar-refractivity contribution in [1.29, 1.82) is 0 Å². The minimum Gasteiger partial charge on any atom is -0.504 e. The molecule has 0 atom stereocenters. The molecule has 0 amide bonds. The van der Waals surface area contributed by atoms with Crippen molar-refractivity contribution >= 4 is 0 Å². The molecule has 2 N–H and O–H groups in total. The standard InChI is InChI=1S/C25H18O2/c26-23-15-7-14-22(25(23)27)18-10-3-6-13-21(18)24-19-11-4-1-8-16(19)17-9-2-5-12-20(17)24/h1-15,24,26-27H. The summed E-state index contributed by atoms with van der Waals surface area (Å²) in [5.41, 5.74) is 7.75. The summed E-state index contributed by atoms with van der Waals surface area (Å²) in [5.74, 6) is -0.0885. The van der Waals surface area contributed by atoms with Crippen LogP contribution in [0.5, 0.6) is 11.5 Å². The van der Waals surface area contributed by atoms with E-state index in [9.17, 15) is 10.2 Å². The molecule has 0 saturated heterocycles. The fourth-order valence-electron chi connectivity index (χ4n) is 4.23. The van der Waals surface area contributed by atoms with Gasteiger partial charge in [0, 0.05) is 11.5 Å². The van der Waals surface area contributed by atoms with E-state index in [0.717, 1.165) is 11.1 Å². The van der Waals surface area contributed by atoms with Crippen molar-refractivity contribution in [3.63, 3.8) is 0 Å². The summed E-state index contributed by atoms with van der Waals surface area (Å²) in [6.07, 6.45) is 0. The molecule has 5 rings (SSSR count). The van der Waals surface area contributed by atoms with Crippen LogP contribution in [0.25, 0.3) is 22.3 Å². The molecule has 4 aromatic rings. The van der Waals surface area contributed by atoms with Crippen molar-refractivity contribution in [3.05, 3.63) is 108 Å². The van der Waals surface area contributed by atoms with Gasteiger partial charge >= 0.3 is 0 Å². The van der Waals surface area contributed by atoms with Gasteiger partial charge in [-0.2, -0.15) is 0 Å². The molecule has 0 aliphatic heterocycles. The van der Waals surface area contributed by atoms with Crippen LogP contribution < -0.4 is 0 Å². The third-order valence-electron chi connectivity index (χ3n) is 5.41. The molecule has 4 aromatic carbocycles. The molecule has 2 heteroatoms. The molecular weight excluding hydrogens is 332 g/mol. The number of para-hydroxylation sites is 1. The van der Waals surface area contributed by atoms with Crippen molar-refractivity contribution in [2.75, 3.05) is 0 Å². The average Bonchev–Trinajstić information content (AvgIpc) is 3.05. The van der Waals surface area contributed by atoms with Crippen molar-refractivity contribution in [1.82, 2.24) is 0 Å². The Morgan fingerprint density at radius 2 is 0.852 bits per heavy atom. The topological polar surface area (TPSA) is 40.5 Å². The summed E-state index contributed by atoms with van der Waals surface area (Å²) in [5, 5.41) is 20.4. The summed E-state index contributed by atoms with van der Waals surface area (Å²) in [4.78, 5) is 0. The first-order valence-corrected chi connectivity index (χ1v) is 9.04. The van der Waals surface area contributed by atoms with Crippen LogP contribution in [0.2, 0.25) is 0 Å². The van der Waals surface area contributed by atoms with E-state index in [0.29, 0.717) is 5.56 Å².